The van der Waals surface area contributed by atoms with E-state index >= 15 is 0 Å². The Labute approximate surface area is 316 Å². The Hall–Kier alpha value is -6.82. The minimum atomic E-state index is -0.291. The van der Waals surface area contributed by atoms with Gasteiger partial charge in [0.15, 0.2) is 5.84 Å². The highest BCUT2D eigenvalue weighted by Crippen LogP contribution is 2.40. The Balaban J connectivity index is 0.947. The first kappa shape index (κ1) is 30.8. The van der Waals surface area contributed by atoms with Crippen LogP contribution in [0.5, 0.6) is 0 Å². The molecule has 8 aromatic carbocycles. The summed E-state index contributed by atoms with van der Waals surface area (Å²) >= 11 is 1.83. The normalized spacial score (nSPS) is 14.5. The van der Waals surface area contributed by atoms with Crippen molar-refractivity contribution in [2.75, 3.05) is 0 Å². The molecule has 0 aliphatic carbocycles. The van der Waals surface area contributed by atoms with E-state index in [1.54, 1.807) is 0 Å². The number of hydrogen-bond acceptors (Lipinski definition) is 4. The van der Waals surface area contributed by atoms with E-state index in [-0.39, 0.29) is 6.17 Å². The highest BCUT2D eigenvalue weighted by atomic mass is 32.1. The molecule has 0 saturated heterocycles. The highest BCUT2D eigenvalue weighted by Gasteiger charge is 2.24. The molecular weight excluding hydrogens is 677 g/mol. The number of para-hydroxylation sites is 1. The zero-order chi connectivity index (χ0) is 35.6. The number of aliphatic imine (C=N–C) groups is 2. The lowest BCUT2D eigenvalue weighted by Crippen LogP contribution is -2.33. The van der Waals surface area contributed by atoms with E-state index in [0.29, 0.717) is 0 Å². The van der Waals surface area contributed by atoms with E-state index < -0.39 is 0 Å². The van der Waals surface area contributed by atoms with Crippen LogP contribution in [0.2, 0.25) is 0 Å². The number of fused-ring (bicyclic) bond motifs is 8. The summed E-state index contributed by atoms with van der Waals surface area (Å²) < 4.78 is 4.93. The van der Waals surface area contributed by atoms with E-state index in [4.69, 9.17) is 9.98 Å². The van der Waals surface area contributed by atoms with Crippen molar-refractivity contribution in [2.24, 2.45) is 9.98 Å². The molecule has 0 saturated carbocycles. The maximum absolute atomic E-state index is 5.20. The first-order chi connectivity index (χ1) is 26.8. The number of aromatic nitrogens is 1. The second-order valence-electron chi connectivity index (χ2n) is 13.8. The molecule has 0 amide bonds. The Morgan fingerprint density at radius 1 is 0.463 bits per heavy atom. The Bertz CT molecular complexity index is 3110. The number of amidine groups is 2. The predicted octanol–water partition coefficient (Wildman–Crippen LogP) is 12.5. The maximum Gasteiger partial charge on any atom is 0.159 e. The summed E-state index contributed by atoms with van der Waals surface area (Å²) in [7, 11) is 0. The monoisotopic (exact) mass is 708 g/mol. The van der Waals surface area contributed by atoms with Crippen LogP contribution in [0.1, 0.15) is 22.9 Å². The lowest BCUT2D eigenvalue weighted by atomic mass is 10.0. The smallest absolute Gasteiger partial charge is 0.159 e. The van der Waals surface area contributed by atoms with Crippen LogP contribution in [0, 0.1) is 0 Å². The minimum Gasteiger partial charge on any atom is -0.344 e. The summed E-state index contributed by atoms with van der Waals surface area (Å²) in [4.78, 5) is 10.3. The van der Waals surface area contributed by atoms with Crippen LogP contribution in [0.3, 0.4) is 0 Å². The van der Waals surface area contributed by atoms with Crippen molar-refractivity contribution < 1.29 is 0 Å². The number of nitrogens with zero attached hydrogens (tertiary/aromatic N) is 3. The largest absolute Gasteiger partial charge is 0.344 e. The van der Waals surface area contributed by atoms with Gasteiger partial charge in [-0.1, -0.05) is 146 Å². The van der Waals surface area contributed by atoms with Crippen molar-refractivity contribution in [2.45, 2.75) is 6.17 Å². The lowest BCUT2D eigenvalue weighted by molar-refractivity contribution is 0.680. The number of hydrogen-bond donors (Lipinski definition) is 1. The van der Waals surface area contributed by atoms with E-state index in [1.807, 2.05) is 29.5 Å². The minimum absolute atomic E-state index is 0.291. The quantitative estimate of drug-likeness (QED) is 0.190. The van der Waals surface area contributed by atoms with Crippen LogP contribution in [-0.4, -0.2) is 16.2 Å². The van der Waals surface area contributed by atoms with Gasteiger partial charge in [0, 0.05) is 53.3 Å². The number of rotatable bonds is 5. The number of thiophene rings is 1. The van der Waals surface area contributed by atoms with Crippen molar-refractivity contribution in [1.29, 1.82) is 0 Å². The molecule has 1 aliphatic rings. The van der Waals surface area contributed by atoms with Crippen LogP contribution in [0.25, 0.3) is 69.6 Å². The third kappa shape index (κ3) is 4.97. The topological polar surface area (TPSA) is 41.7 Å². The molecule has 0 fully saturated rings. The van der Waals surface area contributed by atoms with Gasteiger partial charge in [0.1, 0.15) is 12.0 Å². The number of benzene rings is 8. The van der Waals surface area contributed by atoms with Gasteiger partial charge >= 0.3 is 0 Å². The van der Waals surface area contributed by atoms with Gasteiger partial charge in [-0.3, -0.25) is 0 Å². The first-order valence-electron chi connectivity index (χ1n) is 18.3. The molecule has 3 heterocycles. The summed E-state index contributed by atoms with van der Waals surface area (Å²) in [6.07, 6.45) is -0.291. The standard InChI is InChI=1S/C49H32N4S/c1-2-12-34(13-3-1)47-50-48(52-49(51-47)40-17-10-20-44-46(40)39-16-7-9-19-43(39)54-44)35-23-21-31(22-24-35)32-25-28-36(29-26-32)53-41-18-8-6-15-38(41)45-37-14-5-4-11-33(37)27-30-42(45)53/h1-30,49H,(H,50,51,52). The summed E-state index contributed by atoms with van der Waals surface area (Å²) in [5.74, 6) is 1.54. The van der Waals surface area contributed by atoms with E-state index in [2.05, 4.69) is 174 Å². The molecule has 1 N–H and O–H groups in total. The first-order valence-corrected chi connectivity index (χ1v) is 19.1. The molecule has 4 nitrogen and oxygen atoms in total. The van der Waals surface area contributed by atoms with Gasteiger partial charge < -0.3 is 9.88 Å². The maximum atomic E-state index is 5.20. The fraction of sp³-hybridized carbons (Fsp3) is 0.0204. The van der Waals surface area contributed by atoms with Crippen molar-refractivity contribution in [3.8, 4) is 16.8 Å². The highest BCUT2D eigenvalue weighted by molar-refractivity contribution is 7.25. The van der Waals surface area contributed by atoms with Crippen molar-refractivity contribution in [1.82, 2.24) is 9.88 Å². The SMILES string of the molecule is c1ccc(C2=NC(c3cccc4sc5ccccc5c34)NC(c3ccc(-c4ccc(-n5c6ccccc6c6c7ccccc7ccc65)cc4)cc3)=N2)cc1. The van der Waals surface area contributed by atoms with Gasteiger partial charge in [-0.05, 0) is 58.3 Å². The van der Waals surface area contributed by atoms with E-state index in [0.717, 1.165) is 45.2 Å². The molecule has 11 rings (SSSR count). The molecule has 0 bridgehead atoms. The molecule has 54 heavy (non-hydrogen) atoms. The third-order valence-corrected chi connectivity index (χ3v) is 11.8. The zero-order valence-electron chi connectivity index (χ0n) is 29.1. The molecule has 1 unspecified atom stereocenters. The van der Waals surface area contributed by atoms with Crippen LogP contribution >= 0.6 is 11.3 Å². The molecule has 2 aromatic heterocycles. The molecule has 254 valence electrons. The molecular formula is C49H32N4S. The number of nitrogens with one attached hydrogen (secondary N) is 1. The Morgan fingerprint density at radius 2 is 1.13 bits per heavy atom. The van der Waals surface area contributed by atoms with E-state index in [1.165, 1.54) is 52.8 Å². The van der Waals surface area contributed by atoms with Gasteiger partial charge in [-0.2, -0.15) is 0 Å². The van der Waals surface area contributed by atoms with Crippen LogP contribution in [0.4, 0.5) is 0 Å². The van der Waals surface area contributed by atoms with Gasteiger partial charge in [0.05, 0.1) is 11.0 Å². The van der Waals surface area contributed by atoms with Gasteiger partial charge in [-0.25, -0.2) is 9.98 Å². The van der Waals surface area contributed by atoms with Crippen LogP contribution < -0.4 is 5.32 Å². The molecule has 5 heteroatoms. The van der Waals surface area contributed by atoms with Crippen molar-refractivity contribution in [3.63, 3.8) is 0 Å². The summed E-state index contributed by atoms with van der Waals surface area (Å²) in [6, 6.07) is 65.0. The predicted molar refractivity (Wildman–Crippen MR) is 228 cm³/mol. The summed E-state index contributed by atoms with van der Waals surface area (Å²) in [6.45, 7) is 0. The fourth-order valence-electron chi connectivity index (χ4n) is 8.14. The van der Waals surface area contributed by atoms with Crippen LogP contribution in [0.15, 0.2) is 192 Å². The third-order valence-electron chi connectivity index (χ3n) is 10.7. The average Bonchev–Trinajstić information content (AvgIpc) is 3.80. The van der Waals surface area contributed by atoms with Crippen LogP contribution in [-0.2, 0) is 0 Å². The van der Waals surface area contributed by atoms with Crippen molar-refractivity contribution >= 4 is 75.8 Å². The average molecular weight is 709 g/mol. The Morgan fingerprint density at radius 3 is 1.96 bits per heavy atom. The second-order valence-corrected chi connectivity index (χ2v) is 14.9. The van der Waals surface area contributed by atoms with Gasteiger partial charge in [-0.15, -0.1) is 11.3 Å². The lowest BCUT2D eigenvalue weighted by Gasteiger charge is -2.24. The summed E-state index contributed by atoms with van der Waals surface area (Å²) in [5.41, 5.74) is 9.05. The molecule has 1 atom stereocenters. The second kappa shape index (κ2) is 12.4. The van der Waals surface area contributed by atoms with Gasteiger partial charge in [0.2, 0.25) is 0 Å². The van der Waals surface area contributed by atoms with Gasteiger partial charge in [0.25, 0.3) is 0 Å². The Kier molecular flexibility index (Phi) is 7.07. The molecule has 0 radical (unpaired) electrons. The summed E-state index contributed by atoms with van der Waals surface area (Å²) in [5, 5.41) is 11.3. The fourth-order valence-corrected chi connectivity index (χ4v) is 9.28. The molecule has 1 aliphatic heterocycles. The molecule has 10 aromatic rings. The van der Waals surface area contributed by atoms with Crippen molar-refractivity contribution in [3.05, 3.63) is 199 Å². The zero-order valence-corrected chi connectivity index (χ0v) is 30.0. The van der Waals surface area contributed by atoms with E-state index in [9.17, 15) is 0 Å². The molecule has 0 spiro atoms.